The third-order valence-corrected chi connectivity index (χ3v) is 3.00. The van der Waals surface area contributed by atoms with Gasteiger partial charge in [-0.15, -0.1) is 0 Å². The Hall–Kier alpha value is -3.03. The molecule has 3 aromatic rings. The maximum absolute atomic E-state index is 12.1. The van der Waals surface area contributed by atoms with Crippen molar-refractivity contribution in [3.05, 3.63) is 48.3 Å². The minimum atomic E-state index is -2.89. The van der Waals surface area contributed by atoms with E-state index in [1.54, 1.807) is 18.2 Å². The van der Waals surface area contributed by atoms with Crippen molar-refractivity contribution in [2.75, 3.05) is 0 Å². The van der Waals surface area contributed by atoms with Gasteiger partial charge in [0.25, 0.3) is 0 Å². The topological polar surface area (TPSA) is 79.5 Å². The quantitative estimate of drug-likeness (QED) is 0.727. The van der Waals surface area contributed by atoms with Gasteiger partial charge in [0, 0.05) is 11.8 Å². The molecule has 0 saturated carbocycles. The number of rotatable bonds is 4. The SMILES string of the molecule is O=C([O-])c1cnn2c(-c3ccc(OC(F)F)cc3)ccnc12. The molecule has 0 N–H and O–H groups in total. The molecule has 0 aliphatic carbocycles. The average molecular weight is 304 g/mol. The Bertz CT molecular complexity index is 831. The van der Waals surface area contributed by atoms with Gasteiger partial charge in [0.2, 0.25) is 0 Å². The first-order valence-electron chi connectivity index (χ1n) is 6.15. The van der Waals surface area contributed by atoms with E-state index in [-0.39, 0.29) is 17.0 Å². The second-order valence-electron chi connectivity index (χ2n) is 4.31. The van der Waals surface area contributed by atoms with Crippen LogP contribution in [0.25, 0.3) is 16.9 Å². The highest BCUT2D eigenvalue weighted by molar-refractivity contribution is 5.93. The van der Waals surface area contributed by atoms with Crippen molar-refractivity contribution in [2.45, 2.75) is 6.61 Å². The van der Waals surface area contributed by atoms with E-state index < -0.39 is 12.6 Å². The number of hydrogen-bond acceptors (Lipinski definition) is 5. The van der Waals surface area contributed by atoms with Crippen LogP contribution in [0, 0.1) is 0 Å². The summed E-state index contributed by atoms with van der Waals surface area (Å²) >= 11 is 0. The van der Waals surface area contributed by atoms with E-state index in [1.807, 2.05) is 0 Å². The Balaban J connectivity index is 2.05. The van der Waals surface area contributed by atoms with Gasteiger partial charge in [-0.1, -0.05) is 0 Å². The fraction of sp³-hybridized carbons (Fsp3) is 0.0714. The molecule has 0 fully saturated rings. The van der Waals surface area contributed by atoms with Crippen LogP contribution >= 0.6 is 0 Å². The van der Waals surface area contributed by atoms with Gasteiger partial charge in [0.15, 0.2) is 5.65 Å². The van der Waals surface area contributed by atoms with Crippen molar-refractivity contribution in [1.29, 1.82) is 0 Å². The largest absolute Gasteiger partial charge is 0.545 e. The minimum Gasteiger partial charge on any atom is -0.545 e. The highest BCUT2D eigenvalue weighted by Crippen LogP contribution is 2.24. The van der Waals surface area contributed by atoms with Crippen molar-refractivity contribution < 1.29 is 23.4 Å². The molecule has 3 rings (SSSR count). The summed E-state index contributed by atoms with van der Waals surface area (Å²) in [5.41, 5.74) is 1.22. The molecular weight excluding hydrogens is 296 g/mol. The Kier molecular flexibility index (Phi) is 3.42. The van der Waals surface area contributed by atoms with Crippen molar-refractivity contribution in [3.8, 4) is 17.0 Å². The summed E-state index contributed by atoms with van der Waals surface area (Å²) in [4.78, 5) is 14.9. The second-order valence-corrected chi connectivity index (χ2v) is 4.31. The number of carbonyl (C=O) groups excluding carboxylic acids is 1. The summed E-state index contributed by atoms with van der Waals surface area (Å²) in [5.74, 6) is -1.35. The van der Waals surface area contributed by atoms with Gasteiger partial charge in [0.1, 0.15) is 5.75 Å². The Morgan fingerprint density at radius 1 is 1.23 bits per heavy atom. The van der Waals surface area contributed by atoms with E-state index in [4.69, 9.17) is 0 Å². The first-order chi connectivity index (χ1) is 10.6. The number of aromatic nitrogens is 3. The van der Waals surface area contributed by atoms with Crippen LogP contribution in [0.4, 0.5) is 8.78 Å². The number of hydrogen-bond donors (Lipinski definition) is 0. The number of carbonyl (C=O) groups is 1. The van der Waals surface area contributed by atoms with Gasteiger partial charge in [-0.05, 0) is 30.3 Å². The number of fused-ring (bicyclic) bond motifs is 1. The highest BCUT2D eigenvalue weighted by atomic mass is 19.3. The van der Waals surface area contributed by atoms with E-state index in [0.717, 1.165) is 6.20 Å². The molecule has 0 bridgehead atoms. The van der Waals surface area contributed by atoms with Gasteiger partial charge < -0.3 is 14.6 Å². The Labute approximate surface area is 122 Å². The fourth-order valence-electron chi connectivity index (χ4n) is 2.06. The molecule has 0 atom stereocenters. The van der Waals surface area contributed by atoms with Crippen LogP contribution in [0.5, 0.6) is 5.75 Å². The van der Waals surface area contributed by atoms with Gasteiger partial charge in [0.05, 0.1) is 23.4 Å². The number of alkyl halides is 2. The van der Waals surface area contributed by atoms with Crippen LogP contribution in [0.1, 0.15) is 10.4 Å². The predicted octanol–water partition coefficient (Wildman–Crippen LogP) is 1.36. The third kappa shape index (κ3) is 2.46. The number of halogens is 2. The maximum Gasteiger partial charge on any atom is 0.387 e. The first kappa shape index (κ1) is 13.9. The Morgan fingerprint density at radius 2 is 1.95 bits per heavy atom. The van der Waals surface area contributed by atoms with E-state index in [2.05, 4.69) is 14.8 Å². The molecule has 0 aliphatic rings. The van der Waals surface area contributed by atoms with E-state index >= 15 is 0 Å². The van der Waals surface area contributed by atoms with Crippen molar-refractivity contribution in [3.63, 3.8) is 0 Å². The zero-order chi connectivity index (χ0) is 15.7. The molecule has 0 saturated heterocycles. The van der Waals surface area contributed by atoms with E-state index in [1.165, 1.54) is 22.8 Å². The number of carboxylic acids is 1. The number of nitrogens with zero attached hydrogens (tertiary/aromatic N) is 3. The lowest BCUT2D eigenvalue weighted by Gasteiger charge is -2.07. The number of carboxylic acid groups (broad SMARTS) is 1. The van der Waals surface area contributed by atoms with Crippen LogP contribution in [0.15, 0.2) is 42.7 Å². The van der Waals surface area contributed by atoms with Crippen LogP contribution in [0.2, 0.25) is 0 Å². The smallest absolute Gasteiger partial charge is 0.387 e. The predicted molar refractivity (Wildman–Crippen MR) is 69.4 cm³/mol. The van der Waals surface area contributed by atoms with Gasteiger partial charge >= 0.3 is 6.61 Å². The monoisotopic (exact) mass is 304 g/mol. The molecule has 0 radical (unpaired) electrons. The van der Waals surface area contributed by atoms with Crippen molar-refractivity contribution in [1.82, 2.24) is 14.6 Å². The molecule has 0 aliphatic heterocycles. The summed E-state index contributed by atoms with van der Waals surface area (Å²) in [6.07, 6.45) is 2.58. The lowest BCUT2D eigenvalue weighted by molar-refractivity contribution is -0.254. The lowest BCUT2D eigenvalue weighted by Crippen LogP contribution is -2.22. The van der Waals surface area contributed by atoms with Crippen LogP contribution in [-0.2, 0) is 0 Å². The molecule has 0 amide bonds. The molecule has 0 unspecified atom stereocenters. The summed E-state index contributed by atoms with van der Waals surface area (Å²) < 4.78 is 29.9. The highest BCUT2D eigenvalue weighted by Gasteiger charge is 2.11. The molecule has 0 spiro atoms. The Morgan fingerprint density at radius 3 is 2.59 bits per heavy atom. The summed E-state index contributed by atoms with van der Waals surface area (Å²) in [6, 6.07) is 7.52. The lowest BCUT2D eigenvalue weighted by atomic mass is 10.1. The van der Waals surface area contributed by atoms with E-state index in [9.17, 15) is 18.7 Å². The molecule has 6 nitrogen and oxygen atoms in total. The van der Waals surface area contributed by atoms with E-state index in [0.29, 0.717) is 11.3 Å². The zero-order valence-electron chi connectivity index (χ0n) is 10.9. The molecule has 1 aromatic carbocycles. The van der Waals surface area contributed by atoms with Gasteiger partial charge in [-0.3, -0.25) is 0 Å². The van der Waals surface area contributed by atoms with Crippen molar-refractivity contribution in [2.24, 2.45) is 0 Å². The standard InChI is InChI=1S/C14H9F2N3O3/c15-14(16)22-9-3-1-8(2-4-9)11-5-6-17-12-10(13(20)21)7-18-19(11)12/h1-7,14H,(H,20,21)/p-1. The van der Waals surface area contributed by atoms with Gasteiger partial charge in [-0.2, -0.15) is 13.9 Å². The minimum absolute atomic E-state index is 0.0277. The number of benzene rings is 1. The number of ether oxygens (including phenoxy) is 1. The molecule has 8 heteroatoms. The van der Waals surface area contributed by atoms with Crippen molar-refractivity contribution >= 4 is 11.6 Å². The summed E-state index contributed by atoms with van der Waals surface area (Å²) in [7, 11) is 0. The maximum atomic E-state index is 12.1. The first-order valence-corrected chi connectivity index (χ1v) is 6.15. The third-order valence-electron chi connectivity index (χ3n) is 3.00. The van der Waals surface area contributed by atoms with Gasteiger partial charge in [-0.25, -0.2) is 9.50 Å². The molecule has 2 heterocycles. The molecule has 22 heavy (non-hydrogen) atoms. The zero-order valence-corrected chi connectivity index (χ0v) is 10.9. The van der Waals surface area contributed by atoms with Crippen LogP contribution in [-0.4, -0.2) is 27.2 Å². The summed E-state index contributed by atoms with van der Waals surface area (Å²) in [6.45, 7) is -2.89. The second kappa shape index (κ2) is 5.40. The molecule has 2 aromatic heterocycles. The molecular formula is C14H8F2N3O3-. The molecule has 112 valence electrons. The van der Waals surface area contributed by atoms with Crippen LogP contribution in [0.3, 0.4) is 0 Å². The average Bonchev–Trinajstić information content (AvgIpc) is 2.91. The summed E-state index contributed by atoms with van der Waals surface area (Å²) in [5, 5.41) is 14.9. The fourth-order valence-corrected chi connectivity index (χ4v) is 2.06. The normalized spacial score (nSPS) is 11.0. The number of aromatic carboxylic acids is 1. The van der Waals surface area contributed by atoms with Crippen LogP contribution < -0.4 is 9.84 Å².